The van der Waals surface area contributed by atoms with E-state index in [9.17, 15) is 18.3 Å². The first-order valence-corrected chi connectivity index (χ1v) is 6.06. The lowest BCUT2D eigenvalue weighted by Crippen LogP contribution is -2.15. The fraction of sp³-hybridized carbons (Fsp3) is 0.538. The topological polar surface area (TPSA) is 41.5 Å². The van der Waals surface area contributed by atoms with Crippen molar-refractivity contribution in [1.29, 1.82) is 0 Å². The number of phenols is 1. The van der Waals surface area contributed by atoms with Gasteiger partial charge in [-0.2, -0.15) is 13.2 Å². The molecule has 1 aromatic rings. The summed E-state index contributed by atoms with van der Waals surface area (Å²) in [6.07, 6.45) is -4.20. The summed E-state index contributed by atoms with van der Waals surface area (Å²) in [5.41, 5.74) is 0.856. The van der Waals surface area contributed by atoms with Crippen LogP contribution in [0.2, 0.25) is 0 Å². The molecule has 6 heteroatoms. The molecule has 0 saturated heterocycles. The molecule has 1 aromatic carbocycles. The summed E-state index contributed by atoms with van der Waals surface area (Å²) >= 11 is 0. The molecule has 108 valence electrons. The predicted octanol–water partition coefficient (Wildman–Crippen LogP) is 3.22. The van der Waals surface area contributed by atoms with Gasteiger partial charge >= 0.3 is 6.18 Å². The summed E-state index contributed by atoms with van der Waals surface area (Å²) in [4.78, 5) is 0. The van der Waals surface area contributed by atoms with Crippen molar-refractivity contribution in [3.05, 3.63) is 23.8 Å². The minimum Gasteiger partial charge on any atom is -0.504 e. The van der Waals surface area contributed by atoms with Crippen LogP contribution in [0.3, 0.4) is 0 Å². The largest absolute Gasteiger partial charge is 0.504 e. The summed E-state index contributed by atoms with van der Waals surface area (Å²) in [5, 5.41) is 12.6. The summed E-state index contributed by atoms with van der Waals surface area (Å²) in [7, 11) is 1.47. The number of phenolic OH excluding ortho intramolecular Hbond substituents is 1. The van der Waals surface area contributed by atoms with Crippen molar-refractivity contribution in [2.75, 3.05) is 13.7 Å². The number of alkyl halides is 3. The van der Waals surface area contributed by atoms with Crippen LogP contribution in [0, 0.1) is 0 Å². The first kappa shape index (κ1) is 15.6. The molecule has 0 heterocycles. The third-order valence-corrected chi connectivity index (χ3v) is 2.64. The highest BCUT2D eigenvalue weighted by molar-refractivity contribution is 5.41. The van der Waals surface area contributed by atoms with Crippen molar-refractivity contribution in [1.82, 2.24) is 5.32 Å². The zero-order valence-electron chi connectivity index (χ0n) is 10.8. The summed E-state index contributed by atoms with van der Waals surface area (Å²) < 4.78 is 40.6. The van der Waals surface area contributed by atoms with Gasteiger partial charge in [0.25, 0.3) is 0 Å². The lowest BCUT2D eigenvalue weighted by molar-refractivity contribution is -0.135. The smallest absolute Gasteiger partial charge is 0.389 e. The molecule has 0 aliphatic carbocycles. The van der Waals surface area contributed by atoms with Crippen molar-refractivity contribution < 1.29 is 23.0 Å². The average molecular weight is 277 g/mol. The van der Waals surface area contributed by atoms with E-state index in [-0.39, 0.29) is 12.2 Å². The molecule has 0 atom stereocenters. The van der Waals surface area contributed by atoms with Gasteiger partial charge in [0.2, 0.25) is 0 Å². The van der Waals surface area contributed by atoms with Crippen LogP contribution in [-0.2, 0) is 6.54 Å². The second-order valence-corrected chi connectivity index (χ2v) is 4.26. The fourth-order valence-electron chi connectivity index (χ4n) is 1.65. The zero-order chi connectivity index (χ0) is 14.3. The second-order valence-electron chi connectivity index (χ2n) is 4.26. The van der Waals surface area contributed by atoms with Crippen LogP contribution in [-0.4, -0.2) is 24.9 Å². The van der Waals surface area contributed by atoms with Crippen LogP contribution in [0.25, 0.3) is 0 Å². The maximum Gasteiger partial charge on any atom is 0.389 e. The van der Waals surface area contributed by atoms with Crippen molar-refractivity contribution >= 4 is 0 Å². The number of hydrogen-bond donors (Lipinski definition) is 2. The van der Waals surface area contributed by atoms with Gasteiger partial charge in [0, 0.05) is 13.0 Å². The van der Waals surface area contributed by atoms with E-state index >= 15 is 0 Å². The molecular weight excluding hydrogens is 259 g/mol. The molecule has 0 bridgehead atoms. The standard InChI is InChI=1S/C13H18F3NO2/c1-19-12-5-4-10(8-11(12)18)9-17-7-3-2-6-13(14,15)16/h4-5,8,17-18H,2-3,6-7,9H2,1H3. The number of aromatic hydroxyl groups is 1. The van der Waals surface area contributed by atoms with Crippen molar-refractivity contribution in [2.45, 2.75) is 32.0 Å². The van der Waals surface area contributed by atoms with Gasteiger partial charge in [-0.05, 0) is 37.1 Å². The van der Waals surface area contributed by atoms with E-state index < -0.39 is 12.6 Å². The van der Waals surface area contributed by atoms with Crippen molar-refractivity contribution in [3.63, 3.8) is 0 Å². The Balaban J connectivity index is 2.21. The summed E-state index contributed by atoms with van der Waals surface area (Å²) in [6, 6.07) is 5.01. The van der Waals surface area contributed by atoms with Crippen LogP contribution in [0.1, 0.15) is 24.8 Å². The molecule has 0 radical (unpaired) electrons. The Labute approximate surface area is 110 Å². The Kier molecular flexibility index (Phi) is 5.95. The number of unbranched alkanes of at least 4 members (excludes halogenated alkanes) is 1. The van der Waals surface area contributed by atoms with E-state index in [1.54, 1.807) is 18.2 Å². The molecule has 0 amide bonds. The Morgan fingerprint density at radius 2 is 2.00 bits per heavy atom. The van der Waals surface area contributed by atoms with Crippen molar-refractivity contribution in [2.24, 2.45) is 0 Å². The van der Waals surface area contributed by atoms with Gasteiger partial charge in [-0.15, -0.1) is 0 Å². The average Bonchev–Trinajstić information content (AvgIpc) is 2.32. The minimum absolute atomic E-state index is 0.0545. The van der Waals surface area contributed by atoms with Gasteiger partial charge in [0.05, 0.1) is 7.11 Å². The van der Waals surface area contributed by atoms with Crippen LogP contribution in [0.5, 0.6) is 11.5 Å². The number of benzene rings is 1. The van der Waals surface area contributed by atoms with E-state index in [1.165, 1.54) is 7.11 Å². The molecule has 0 fully saturated rings. The predicted molar refractivity (Wildman–Crippen MR) is 66.3 cm³/mol. The van der Waals surface area contributed by atoms with Crippen LogP contribution < -0.4 is 10.1 Å². The van der Waals surface area contributed by atoms with E-state index in [0.29, 0.717) is 25.3 Å². The molecular formula is C13H18F3NO2. The molecule has 0 saturated carbocycles. The Morgan fingerprint density at radius 3 is 2.58 bits per heavy atom. The molecule has 0 spiro atoms. The third-order valence-electron chi connectivity index (χ3n) is 2.64. The molecule has 19 heavy (non-hydrogen) atoms. The van der Waals surface area contributed by atoms with Gasteiger partial charge in [0.1, 0.15) is 0 Å². The number of hydrogen-bond acceptors (Lipinski definition) is 3. The molecule has 0 aromatic heterocycles. The number of methoxy groups -OCH3 is 1. The quantitative estimate of drug-likeness (QED) is 0.752. The lowest BCUT2D eigenvalue weighted by Gasteiger charge is -2.08. The molecule has 2 N–H and O–H groups in total. The lowest BCUT2D eigenvalue weighted by atomic mass is 10.2. The van der Waals surface area contributed by atoms with Gasteiger partial charge in [-0.1, -0.05) is 6.07 Å². The SMILES string of the molecule is COc1ccc(CNCCCCC(F)(F)F)cc1O. The number of halogens is 3. The highest BCUT2D eigenvalue weighted by atomic mass is 19.4. The normalized spacial score (nSPS) is 11.6. The van der Waals surface area contributed by atoms with E-state index in [2.05, 4.69) is 5.32 Å². The Hall–Kier alpha value is -1.43. The van der Waals surface area contributed by atoms with Crippen LogP contribution in [0.15, 0.2) is 18.2 Å². The number of rotatable bonds is 7. The van der Waals surface area contributed by atoms with E-state index in [0.717, 1.165) is 5.56 Å². The number of ether oxygens (including phenoxy) is 1. The zero-order valence-corrected chi connectivity index (χ0v) is 10.8. The molecule has 1 rings (SSSR count). The minimum atomic E-state index is -4.07. The van der Waals surface area contributed by atoms with Crippen molar-refractivity contribution in [3.8, 4) is 11.5 Å². The summed E-state index contributed by atoms with van der Waals surface area (Å²) in [6.45, 7) is 1.02. The summed E-state index contributed by atoms with van der Waals surface area (Å²) in [5.74, 6) is 0.452. The first-order chi connectivity index (χ1) is 8.92. The van der Waals surface area contributed by atoms with Gasteiger partial charge in [0.15, 0.2) is 11.5 Å². The molecule has 0 aliphatic rings. The monoisotopic (exact) mass is 277 g/mol. The molecule has 3 nitrogen and oxygen atoms in total. The highest BCUT2D eigenvalue weighted by Gasteiger charge is 2.25. The van der Waals surface area contributed by atoms with Gasteiger partial charge in [-0.3, -0.25) is 0 Å². The third kappa shape index (κ3) is 6.33. The van der Waals surface area contributed by atoms with E-state index in [4.69, 9.17) is 4.74 Å². The Bertz CT molecular complexity index is 394. The van der Waals surface area contributed by atoms with Crippen LogP contribution in [0.4, 0.5) is 13.2 Å². The maximum atomic E-state index is 11.9. The number of nitrogens with one attached hydrogen (secondary N) is 1. The molecule has 0 unspecified atom stereocenters. The maximum absolute atomic E-state index is 11.9. The fourth-order valence-corrected chi connectivity index (χ4v) is 1.65. The van der Waals surface area contributed by atoms with Gasteiger partial charge < -0.3 is 15.2 Å². The van der Waals surface area contributed by atoms with Crippen LogP contribution >= 0.6 is 0 Å². The van der Waals surface area contributed by atoms with E-state index in [1.807, 2.05) is 0 Å². The highest BCUT2D eigenvalue weighted by Crippen LogP contribution is 2.26. The first-order valence-electron chi connectivity index (χ1n) is 6.06. The second kappa shape index (κ2) is 7.23. The van der Waals surface area contributed by atoms with Gasteiger partial charge in [-0.25, -0.2) is 0 Å². The molecule has 0 aliphatic heterocycles. The Morgan fingerprint density at radius 1 is 1.26 bits per heavy atom.